The molecule has 0 amide bonds. The largest absolute Gasteiger partial charge is 0.308 e. The standard InChI is InChI=1S/C12H14N4/c1-10-2-3-11(8-16-10)4-13-5-12-6-14-9-15-7-12/h2-3,6-9,13H,4-5H2,1H3. The Morgan fingerprint density at radius 1 is 1.00 bits per heavy atom. The second kappa shape index (κ2) is 5.32. The van der Waals surface area contributed by atoms with E-state index in [4.69, 9.17) is 0 Å². The molecule has 0 bridgehead atoms. The summed E-state index contributed by atoms with van der Waals surface area (Å²) in [4.78, 5) is 12.2. The van der Waals surface area contributed by atoms with Gasteiger partial charge in [0.25, 0.3) is 0 Å². The van der Waals surface area contributed by atoms with Crippen molar-refractivity contribution in [3.05, 3.63) is 53.9 Å². The number of aromatic nitrogens is 3. The lowest BCUT2D eigenvalue weighted by Crippen LogP contribution is -2.13. The zero-order chi connectivity index (χ0) is 11.2. The van der Waals surface area contributed by atoms with E-state index < -0.39 is 0 Å². The molecule has 0 saturated heterocycles. The zero-order valence-corrected chi connectivity index (χ0v) is 9.22. The number of nitrogens with zero attached hydrogens (tertiary/aromatic N) is 3. The van der Waals surface area contributed by atoms with Crippen LogP contribution in [0.15, 0.2) is 37.1 Å². The molecule has 4 nitrogen and oxygen atoms in total. The Morgan fingerprint density at radius 3 is 2.44 bits per heavy atom. The first-order valence-corrected chi connectivity index (χ1v) is 5.21. The number of aryl methyl sites for hydroxylation is 1. The van der Waals surface area contributed by atoms with Gasteiger partial charge in [-0.2, -0.15) is 0 Å². The highest BCUT2D eigenvalue weighted by Gasteiger charge is 1.94. The van der Waals surface area contributed by atoms with Crippen LogP contribution in [0.25, 0.3) is 0 Å². The molecule has 2 rings (SSSR count). The lowest BCUT2D eigenvalue weighted by Gasteiger charge is -2.04. The molecule has 2 aromatic heterocycles. The second-order valence-corrected chi connectivity index (χ2v) is 3.66. The fraction of sp³-hybridized carbons (Fsp3) is 0.250. The van der Waals surface area contributed by atoms with E-state index in [1.807, 2.05) is 31.6 Å². The average molecular weight is 214 g/mol. The Kier molecular flexibility index (Phi) is 3.56. The molecule has 0 unspecified atom stereocenters. The number of hydrogen-bond acceptors (Lipinski definition) is 4. The molecule has 0 aromatic carbocycles. The smallest absolute Gasteiger partial charge is 0.115 e. The summed E-state index contributed by atoms with van der Waals surface area (Å²) in [6, 6.07) is 4.10. The molecule has 1 N–H and O–H groups in total. The van der Waals surface area contributed by atoms with E-state index in [2.05, 4.69) is 26.3 Å². The molecule has 2 heterocycles. The molecule has 2 aromatic rings. The molecule has 16 heavy (non-hydrogen) atoms. The van der Waals surface area contributed by atoms with E-state index in [9.17, 15) is 0 Å². The highest BCUT2D eigenvalue weighted by atomic mass is 14.9. The van der Waals surface area contributed by atoms with Crippen LogP contribution >= 0.6 is 0 Å². The van der Waals surface area contributed by atoms with Gasteiger partial charge in [0.05, 0.1) is 0 Å². The highest BCUT2D eigenvalue weighted by molar-refractivity contribution is 5.13. The van der Waals surface area contributed by atoms with Crippen molar-refractivity contribution in [2.24, 2.45) is 0 Å². The molecule has 0 spiro atoms. The highest BCUT2D eigenvalue weighted by Crippen LogP contribution is 1.99. The van der Waals surface area contributed by atoms with Crippen molar-refractivity contribution in [2.75, 3.05) is 0 Å². The third kappa shape index (κ3) is 3.10. The van der Waals surface area contributed by atoms with Crippen LogP contribution in [0.2, 0.25) is 0 Å². The van der Waals surface area contributed by atoms with Gasteiger partial charge in [-0.1, -0.05) is 6.07 Å². The van der Waals surface area contributed by atoms with Gasteiger partial charge < -0.3 is 5.32 Å². The molecule has 0 aliphatic carbocycles. The summed E-state index contributed by atoms with van der Waals surface area (Å²) < 4.78 is 0. The minimum Gasteiger partial charge on any atom is -0.308 e. The maximum atomic E-state index is 4.24. The van der Waals surface area contributed by atoms with E-state index >= 15 is 0 Å². The Morgan fingerprint density at radius 2 is 1.75 bits per heavy atom. The van der Waals surface area contributed by atoms with Gasteiger partial charge in [0.1, 0.15) is 6.33 Å². The Balaban J connectivity index is 1.82. The van der Waals surface area contributed by atoms with Crippen LogP contribution in [0, 0.1) is 6.92 Å². The second-order valence-electron chi connectivity index (χ2n) is 3.66. The van der Waals surface area contributed by atoms with Gasteiger partial charge in [0.15, 0.2) is 0 Å². The van der Waals surface area contributed by atoms with E-state index in [0.29, 0.717) is 0 Å². The van der Waals surface area contributed by atoms with Crippen molar-refractivity contribution in [3.8, 4) is 0 Å². The third-order valence-corrected chi connectivity index (χ3v) is 2.24. The fourth-order valence-corrected chi connectivity index (χ4v) is 1.38. The Bertz CT molecular complexity index is 425. The minimum atomic E-state index is 0.773. The van der Waals surface area contributed by atoms with Gasteiger partial charge in [-0.15, -0.1) is 0 Å². The summed E-state index contributed by atoms with van der Waals surface area (Å²) in [5, 5.41) is 3.32. The van der Waals surface area contributed by atoms with Crippen LogP contribution in [-0.2, 0) is 13.1 Å². The summed E-state index contributed by atoms with van der Waals surface area (Å²) in [5.74, 6) is 0. The molecule has 4 heteroatoms. The number of hydrogen-bond donors (Lipinski definition) is 1. The molecule has 82 valence electrons. The molecule has 0 saturated carbocycles. The summed E-state index contributed by atoms with van der Waals surface area (Å²) in [6.45, 7) is 3.56. The maximum absolute atomic E-state index is 4.24. The van der Waals surface area contributed by atoms with Gasteiger partial charge in [-0.3, -0.25) is 4.98 Å². The van der Waals surface area contributed by atoms with Crippen molar-refractivity contribution >= 4 is 0 Å². The molecule has 0 atom stereocenters. The van der Waals surface area contributed by atoms with Gasteiger partial charge in [0.2, 0.25) is 0 Å². The first-order chi connectivity index (χ1) is 7.84. The first kappa shape index (κ1) is 10.7. The summed E-state index contributed by atoms with van der Waals surface area (Å²) in [6.07, 6.45) is 7.05. The van der Waals surface area contributed by atoms with Crippen LogP contribution in [-0.4, -0.2) is 15.0 Å². The molecule has 0 aliphatic heterocycles. The lowest BCUT2D eigenvalue weighted by atomic mass is 10.2. The third-order valence-electron chi connectivity index (χ3n) is 2.24. The van der Waals surface area contributed by atoms with Crippen LogP contribution < -0.4 is 5.32 Å². The number of nitrogens with one attached hydrogen (secondary N) is 1. The van der Waals surface area contributed by atoms with Gasteiger partial charge in [-0.25, -0.2) is 9.97 Å². The molecule has 0 aliphatic rings. The normalized spacial score (nSPS) is 10.3. The molecule has 0 radical (unpaired) electrons. The monoisotopic (exact) mass is 214 g/mol. The quantitative estimate of drug-likeness (QED) is 0.837. The minimum absolute atomic E-state index is 0.773. The van der Waals surface area contributed by atoms with Gasteiger partial charge >= 0.3 is 0 Å². The van der Waals surface area contributed by atoms with Crippen LogP contribution in [0.3, 0.4) is 0 Å². The lowest BCUT2D eigenvalue weighted by molar-refractivity contribution is 0.686. The Hall–Kier alpha value is -1.81. The van der Waals surface area contributed by atoms with Crippen LogP contribution in [0.5, 0.6) is 0 Å². The van der Waals surface area contributed by atoms with Crippen molar-refractivity contribution in [3.63, 3.8) is 0 Å². The summed E-state index contributed by atoms with van der Waals surface area (Å²) in [5.41, 5.74) is 3.31. The van der Waals surface area contributed by atoms with E-state index in [1.54, 1.807) is 0 Å². The van der Waals surface area contributed by atoms with Gasteiger partial charge in [-0.05, 0) is 18.6 Å². The zero-order valence-electron chi connectivity index (χ0n) is 9.22. The number of rotatable bonds is 4. The SMILES string of the molecule is Cc1ccc(CNCc2cncnc2)cn1. The summed E-state index contributed by atoms with van der Waals surface area (Å²) in [7, 11) is 0. The van der Waals surface area contributed by atoms with Crippen molar-refractivity contribution in [2.45, 2.75) is 20.0 Å². The van der Waals surface area contributed by atoms with Crippen molar-refractivity contribution in [1.29, 1.82) is 0 Å². The van der Waals surface area contributed by atoms with Crippen molar-refractivity contribution in [1.82, 2.24) is 20.3 Å². The predicted octanol–water partition coefficient (Wildman–Crippen LogP) is 1.47. The Labute approximate surface area is 94.8 Å². The van der Waals surface area contributed by atoms with E-state index in [1.165, 1.54) is 11.9 Å². The predicted molar refractivity (Wildman–Crippen MR) is 61.5 cm³/mol. The van der Waals surface area contributed by atoms with E-state index in [0.717, 1.165) is 24.3 Å². The van der Waals surface area contributed by atoms with Crippen LogP contribution in [0.4, 0.5) is 0 Å². The first-order valence-electron chi connectivity index (χ1n) is 5.21. The molecular weight excluding hydrogens is 200 g/mol. The van der Waals surface area contributed by atoms with Crippen molar-refractivity contribution < 1.29 is 0 Å². The fourth-order valence-electron chi connectivity index (χ4n) is 1.38. The average Bonchev–Trinajstić information content (AvgIpc) is 2.33. The molecule has 0 fully saturated rings. The summed E-state index contributed by atoms with van der Waals surface area (Å²) >= 11 is 0. The topological polar surface area (TPSA) is 50.7 Å². The number of pyridine rings is 1. The molecular formula is C12H14N4. The maximum Gasteiger partial charge on any atom is 0.115 e. The van der Waals surface area contributed by atoms with E-state index in [-0.39, 0.29) is 0 Å². The van der Waals surface area contributed by atoms with Gasteiger partial charge in [0, 0.05) is 42.9 Å². The van der Waals surface area contributed by atoms with Crippen LogP contribution in [0.1, 0.15) is 16.8 Å².